The van der Waals surface area contributed by atoms with Gasteiger partial charge in [-0.25, -0.2) is 9.97 Å². The minimum atomic E-state index is 0.599. The summed E-state index contributed by atoms with van der Waals surface area (Å²) in [5.74, 6) is 0.599. The minimum Gasteiger partial charge on any atom is -0.476 e. The van der Waals surface area contributed by atoms with E-state index in [2.05, 4.69) is 37.3 Å². The second-order valence-corrected chi connectivity index (χ2v) is 4.74. The first-order valence-electron chi connectivity index (χ1n) is 4.47. The third kappa shape index (κ3) is 3.00. The van der Waals surface area contributed by atoms with Crippen LogP contribution in [0.1, 0.15) is 4.88 Å². The summed E-state index contributed by atoms with van der Waals surface area (Å²) >= 11 is 5.07. The van der Waals surface area contributed by atoms with E-state index in [1.165, 1.54) is 11.2 Å². The fraction of sp³-hybridized carbons (Fsp3) is 0.200. The van der Waals surface area contributed by atoms with Gasteiger partial charge >= 0.3 is 0 Å². The molecular formula is C10H9BrN2OS. The van der Waals surface area contributed by atoms with Gasteiger partial charge < -0.3 is 4.74 Å². The first-order chi connectivity index (χ1) is 7.36. The zero-order valence-electron chi connectivity index (χ0n) is 7.89. The predicted molar refractivity (Wildman–Crippen MR) is 63.3 cm³/mol. The summed E-state index contributed by atoms with van der Waals surface area (Å²) in [6, 6.07) is 4.14. The van der Waals surface area contributed by atoms with Gasteiger partial charge in [0.15, 0.2) is 0 Å². The molecule has 0 bridgehead atoms. The first-order valence-corrected chi connectivity index (χ1v) is 6.14. The molecule has 0 fully saturated rings. The largest absolute Gasteiger partial charge is 0.476 e. The number of halogens is 1. The average Bonchev–Trinajstić information content (AvgIpc) is 2.74. The lowest BCUT2D eigenvalue weighted by molar-refractivity contribution is 0.307. The van der Waals surface area contributed by atoms with E-state index < -0.39 is 0 Å². The van der Waals surface area contributed by atoms with E-state index >= 15 is 0 Å². The van der Waals surface area contributed by atoms with Gasteiger partial charge in [0, 0.05) is 17.5 Å². The topological polar surface area (TPSA) is 35.0 Å². The Kier molecular flexibility index (Phi) is 3.69. The number of rotatable bonds is 4. The van der Waals surface area contributed by atoms with E-state index in [1.807, 2.05) is 6.07 Å². The molecule has 5 heteroatoms. The van der Waals surface area contributed by atoms with Crippen molar-refractivity contribution in [3.05, 3.63) is 39.4 Å². The number of ether oxygens (including phenoxy) is 1. The van der Waals surface area contributed by atoms with Gasteiger partial charge in [0.1, 0.15) is 6.33 Å². The number of aromatic nitrogens is 2. The molecule has 0 unspecified atom stereocenters. The average molecular weight is 285 g/mol. The standard InChI is InChI=1S/C10H9BrN2OS/c11-9-6-12-7-13-10(9)14-4-3-8-2-1-5-15-8/h1-2,5-7H,3-4H2. The lowest BCUT2D eigenvalue weighted by Gasteiger charge is -2.04. The van der Waals surface area contributed by atoms with Crippen LogP contribution in [0.25, 0.3) is 0 Å². The smallest absolute Gasteiger partial charge is 0.231 e. The van der Waals surface area contributed by atoms with Gasteiger partial charge in [-0.15, -0.1) is 11.3 Å². The van der Waals surface area contributed by atoms with Crippen LogP contribution >= 0.6 is 27.3 Å². The Hall–Kier alpha value is -0.940. The summed E-state index contributed by atoms with van der Waals surface area (Å²) in [5.41, 5.74) is 0. The SMILES string of the molecule is Brc1cncnc1OCCc1cccs1. The van der Waals surface area contributed by atoms with Gasteiger partial charge in [-0.1, -0.05) is 6.07 Å². The van der Waals surface area contributed by atoms with Crippen LogP contribution in [0.5, 0.6) is 5.88 Å². The van der Waals surface area contributed by atoms with Crippen molar-refractivity contribution in [1.29, 1.82) is 0 Å². The molecule has 0 spiro atoms. The second-order valence-electron chi connectivity index (χ2n) is 2.85. The molecule has 0 amide bonds. The van der Waals surface area contributed by atoms with Crippen molar-refractivity contribution >= 4 is 27.3 Å². The van der Waals surface area contributed by atoms with Crippen molar-refractivity contribution in [2.45, 2.75) is 6.42 Å². The van der Waals surface area contributed by atoms with Crippen molar-refractivity contribution < 1.29 is 4.74 Å². The number of nitrogens with zero attached hydrogens (tertiary/aromatic N) is 2. The van der Waals surface area contributed by atoms with Gasteiger partial charge in [-0.2, -0.15) is 0 Å². The molecule has 0 atom stereocenters. The predicted octanol–water partition coefficient (Wildman–Crippen LogP) is 2.92. The van der Waals surface area contributed by atoms with Gasteiger partial charge in [-0.3, -0.25) is 0 Å². The maximum Gasteiger partial charge on any atom is 0.231 e. The quantitative estimate of drug-likeness (QED) is 0.866. The molecule has 2 rings (SSSR count). The van der Waals surface area contributed by atoms with E-state index in [4.69, 9.17) is 4.74 Å². The van der Waals surface area contributed by atoms with Crippen LogP contribution in [-0.2, 0) is 6.42 Å². The number of hydrogen-bond acceptors (Lipinski definition) is 4. The molecule has 0 radical (unpaired) electrons. The van der Waals surface area contributed by atoms with E-state index in [1.54, 1.807) is 17.5 Å². The molecule has 0 aliphatic carbocycles. The van der Waals surface area contributed by atoms with Crippen molar-refractivity contribution in [2.75, 3.05) is 6.61 Å². The molecule has 78 valence electrons. The van der Waals surface area contributed by atoms with Gasteiger partial charge in [0.05, 0.1) is 11.1 Å². The summed E-state index contributed by atoms with van der Waals surface area (Å²) in [6.45, 7) is 0.635. The van der Waals surface area contributed by atoms with Crippen LogP contribution in [0, 0.1) is 0 Å². The fourth-order valence-electron chi connectivity index (χ4n) is 1.11. The third-order valence-electron chi connectivity index (χ3n) is 1.80. The molecule has 2 heterocycles. The van der Waals surface area contributed by atoms with Crippen molar-refractivity contribution in [2.24, 2.45) is 0 Å². The summed E-state index contributed by atoms with van der Waals surface area (Å²) in [5, 5.41) is 2.07. The maximum absolute atomic E-state index is 5.52. The Morgan fingerprint density at radius 2 is 2.40 bits per heavy atom. The molecule has 15 heavy (non-hydrogen) atoms. The molecule has 2 aromatic heterocycles. The van der Waals surface area contributed by atoms with E-state index in [9.17, 15) is 0 Å². The highest BCUT2D eigenvalue weighted by Crippen LogP contribution is 2.20. The molecule has 0 aliphatic rings. The van der Waals surface area contributed by atoms with Crippen molar-refractivity contribution in [3.63, 3.8) is 0 Å². The Balaban J connectivity index is 1.86. The van der Waals surface area contributed by atoms with E-state index in [-0.39, 0.29) is 0 Å². The highest BCUT2D eigenvalue weighted by atomic mass is 79.9. The summed E-state index contributed by atoms with van der Waals surface area (Å²) in [7, 11) is 0. The normalized spacial score (nSPS) is 10.2. The second kappa shape index (κ2) is 5.23. The fourth-order valence-corrected chi connectivity index (χ4v) is 2.14. The first kappa shape index (κ1) is 10.6. The zero-order valence-corrected chi connectivity index (χ0v) is 10.3. The molecule has 0 aliphatic heterocycles. The van der Waals surface area contributed by atoms with E-state index in [0.29, 0.717) is 12.5 Å². The van der Waals surface area contributed by atoms with Crippen LogP contribution in [0.3, 0.4) is 0 Å². The molecule has 3 nitrogen and oxygen atoms in total. The molecule has 0 N–H and O–H groups in total. The Labute approximate surface area is 100 Å². The highest BCUT2D eigenvalue weighted by Gasteiger charge is 2.01. The van der Waals surface area contributed by atoms with Crippen LogP contribution in [0.15, 0.2) is 34.5 Å². The van der Waals surface area contributed by atoms with E-state index in [0.717, 1.165) is 10.9 Å². The Morgan fingerprint density at radius 3 is 3.13 bits per heavy atom. The molecule has 2 aromatic rings. The van der Waals surface area contributed by atoms with Crippen LogP contribution < -0.4 is 4.74 Å². The van der Waals surface area contributed by atoms with Crippen molar-refractivity contribution in [3.8, 4) is 5.88 Å². The number of hydrogen-bond donors (Lipinski definition) is 0. The summed E-state index contributed by atoms with van der Waals surface area (Å²) in [4.78, 5) is 9.21. The van der Waals surface area contributed by atoms with Gasteiger partial charge in [0.25, 0.3) is 0 Å². The third-order valence-corrected chi connectivity index (χ3v) is 3.28. The lowest BCUT2D eigenvalue weighted by Crippen LogP contribution is -2.02. The Bertz CT molecular complexity index is 419. The molecule has 0 aromatic carbocycles. The van der Waals surface area contributed by atoms with Crippen molar-refractivity contribution in [1.82, 2.24) is 9.97 Å². The van der Waals surface area contributed by atoms with Crippen LogP contribution in [0.4, 0.5) is 0 Å². The van der Waals surface area contributed by atoms with Gasteiger partial charge in [0.2, 0.25) is 5.88 Å². The number of thiophene rings is 1. The summed E-state index contributed by atoms with van der Waals surface area (Å²) in [6.07, 6.45) is 4.06. The molecule has 0 saturated heterocycles. The van der Waals surface area contributed by atoms with Crippen LogP contribution in [0.2, 0.25) is 0 Å². The zero-order chi connectivity index (χ0) is 10.5. The van der Waals surface area contributed by atoms with Crippen LogP contribution in [-0.4, -0.2) is 16.6 Å². The molecule has 0 saturated carbocycles. The Morgan fingerprint density at radius 1 is 1.47 bits per heavy atom. The lowest BCUT2D eigenvalue weighted by atomic mass is 10.4. The highest BCUT2D eigenvalue weighted by molar-refractivity contribution is 9.10. The van der Waals surface area contributed by atoms with Gasteiger partial charge in [-0.05, 0) is 27.4 Å². The molecular weight excluding hydrogens is 276 g/mol. The minimum absolute atomic E-state index is 0.599. The monoisotopic (exact) mass is 284 g/mol. The maximum atomic E-state index is 5.52. The summed E-state index contributed by atoms with van der Waals surface area (Å²) < 4.78 is 6.31.